The Kier molecular flexibility index (Phi) is 6.09. The fraction of sp³-hybridized carbons (Fsp3) is 1.00. The topological polar surface area (TPSA) is 0 Å². The van der Waals surface area contributed by atoms with Crippen molar-refractivity contribution in [3.63, 3.8) is 0 Å². The molecule has 0 heterocycles. The van der Waals surface area contributed by atoms with Gasteiger partial charge >= 0.3 is 0 Å². The smallest absolute Gasteiger partial charge is 0.0224 e. The molecule has 62 valence electrons. The summed E-state index contributed by atoms with van der Waals surface area (Å²) in [4.78, 5) is 0. The molecule has 0 amide bonds. The quantitative estimate of drug-likeness (QED) is 0.540. The number of rotatable bonds is 5. The fourth-order valence-electron chi connectivity index (χ4n) is 1.08. The minimum Gasteiger partial charge on any atom is -0.0657 e. The van der Waals surface area contributed by atoms with Gasteiger partial charge in [-0.3, -0.25) is 0 Å². The van der Waals surface area contributed by atoms with Crippen LogP contribution < -0.4 is 0 Å². The van der Waals surface area contributed by atoms with Crippen molar-refractivity contribution in [2.75, 3.05) is 0 Å². The van der Waals surface area contributed by atoms with Crippen LogP contribution in [0.3, 0.4) is 0 Å². The van der Waals surface area contributed by atoms with E-state index in [0.29, 0.717) is 9.52 Å². The Bertz CT molecular complexity index is 69.1. The Morgan fingerprint density at radius 1 is 1.20 bits per heavy atom. The van der Waals surface area contributed by atoms with Gasteiger partial charge in [0.2, 0.25) is 0 Å². The lowest BCUT2D eigenvalue weighted by atomic mass is 10.1. The van der Waals surface area contributed by atoms with E-state index in [4.69, 9.17) is 0 Å². The zero-order valence-electron chi connectivity index (χ0n) is 7.98. The van der Waals surface area contributed by atoms with Crippen molar-refractivity contribution in [1.29, 1.82) is 0 Å². The van der Waals surface area contributed by atoms with Gasteiger partial charge in [0.15, 0.2) is 0 Å². The largest absolute Gasteiger partial charge is 0.0657 e. The van der Waals surface area contributed by atoms with E-state index in [9.17, 15) is 0 Å². The second-order valence-corrected chi connectivity index (χ2v) is 6.76. The van der Waals surface area contributed by atoms with Crippen LogP contribution in [0.4, 0.5) is 0 Å². The Hall–Kier alpha value is 0.217. The van der Waals surface area contributed by atoms with Gasteiger partial charge in [0, 0.05) is 9.52 Å². The maximum atomic E-state index is 2.37. The molecule has 0 aromatic carbocycles. The number of hydrogen-bond acceptors (Lipinski definition) is 0. The Labute approximate surface area is 68.2 Å². The van der Waals surface area contributed by atoms with Crippen LogP contribution in [0.15, 0.2) is 0 Å². The molecule has 0 nitrogen and oxygen atoms in total. The van der Waals surface area contributed by atoms with E-state index in [1.165, 1.54) is 12.8 Å². The SMILES string of the molecule is CCC(C)CC[SiH2]C(C)C. The first-order valence-electron chi connectivity index (χ1n) is 4.66. The fourth-order valence-corrected chi connectivity index (χ4v) is 2.83. The molecule has 1 heteroatoms. The Morgan fingerprint density at radius 3 is 2.20 bits per heavy atom. The third-order valence-electron chi connectivity index (χ3n) is 2.18. The van der Waals surface area contributed by atoms with Crippen molar-refractivity contribution < 1.29 is 0 Å². The summed E-state index contributed by atoms with van der Waals surface area (Å²) < 4.78 is 0. The maximum absolute atomic E-state index is 2.37. The summed E-state index contributed by atoms with van der Waals surface area (Å²) in [6, 6.07) is 1.56. The van der Waals surface area contributed by atoms with E-state index in [1.54, 1.807) is 6.04 Å². The predicted molar refractivity (Wildman–Crippen MR) is 52.5 cm³/mol. The second-order valence-electron chi connectivity index (χ2n) is 3.84. The van der Waals surface area contributed by atoms with Crippen LogP contribution in [0.25, 0.3) is 0 Å². The highest BCUT2D eigenvalue weighted by molar-refractivity contribution is 6.37. The van der Waals surface area contributed by atoms with Crippen LogP contribution >= 0.6 is 0 Å². The molecular formula is C9H22Si. The molecule has 0 saturated carbocycles. The van der Waals surface area contributed by atoms with Gasteiger partial charge in [-0.15, -0.1) is 0 Å². The molecule has 0 aliphatic rings. The average molecular weight is 158 g/mol. The molecule has 0 fully saturated rings. The highest BCUT2D eigenvalue weighted by Gasteiger charge is 1.99. The van der Waals surface area contributed by atoms with Gasteiger partial charge in [0.25, 0.3) is 0 Å². The van der Waals surface area contributed by atoms with Gasteiger partial charge in [-0.2, -0.15) is 0 Å². The van der Waals surface area contributed by atoms with Gasteiger partial charge in [-0.25, -0.2) is 0 Å². The molecule has 0 aromatic heterocycles. The molecule has 10 heavy (non-hydrogen) atoms. The molecule has 0 saturated heterocycles. The lowest BCUT2D eigenvalue weighted by molar-refractivity contribution is 0.542. The summed E-state index contributed by atoms with van der Waals surface area (Å²) in [6.07, 6.45) is 2.85. The van der Waals surface area contributed by atoms with Crippen LogP contribution in [-0.2, 0) is 0 Å². The van der Waals surface area contributed by atoms with Crippen LogP contribution in [0.2, 0.25) is 11.6 Å². The van der Waals surface area contributed by atoms with E-state index in [-0.39, 0.29) is 0 Å². The summed E-state index contributed by atoms with van der Waals surface area (Å²) in [5.41, 5.74) is 1.03. The normalized spacial score (nSPS) is 15.3. The molecule has 0 rings (SSSR count). The van der Waals surface area contributed by atoms with Crippen LogP contribution in [0.5, 0.6) is 0 Å². The van der Waals surface area contributed by atoms with Crippen molar-refractivity contribution in [3.8, 4) is 0 Å². The first-order valence-corrected chi connectivity index (χ1v) is 6.48. The average Bonchev–Trinajstić information content (AvgIpc) is 1.87. The summed E-state index contributed by atoms with van der Waals surface area (Å²) in [7, 11) is 0.294. The molecule has 1 atom stereocenters. The van der Waals surface area contributed by atoms with E-state index < -0.39 is 0 Å². The van der Waals surface area contributed by atoms with Gasteiger partial charge in [-0.1, -0.05) is 52.1 Å². The number of hydrogen-bond donors (Lipinski definition) is 0. The molecule has 0 N–H and O–H groups in total. The molecular weight excluding hydrogens is 136 g/mol. The second kappa shape index (κ2) is 5.96. The van der Waals surface area contributed by atoms with Gasteiger partial charge in [0.05, 0.1) is 0 Å². The molecule has 0 aromatic rings. The maximum Gasteiger partial charge on any atom is 0.0224 e. The van der Waals surface area contributed by atoms with E-state index in [1.807, 2.05) is 0 Å². The van der Waals surface area contributed by atoms with E-state index in [0.717, 1.165) is 11.5 Å². The minimum absolute atomic E-state index is 0.294. The Balaban J connectivity index is 3.03. The van der Waals surface area contributed by atoms with Gasteiger partial charge in [-0.05, 0) is 5.92 Å². The molecule has 0 radical (unpaired) electrons. The third-order valence-corrected chi connectivity index (χ3v) is 4.15. The van der Waals surface area contributed by atoms with Crippen molar-refractivity contribution in [2.24, 2.45) is 5.92 Å². The van der Waals surface area contributed by atoms with Crippen molar-refractivity contribution in [2.45, 2.75) is 52.1 Å². The van der Waals surface area contributed by atoms with Crippen molar-refractivity contribution >= 4 is 9.52 Å². The third kappa shape index (κ3) is 6.34. The monoisotopic (exact) mass is 158 g/mol. The highest BCUT2D eigenvalue weighted by atomic mass is 28.2. The first kappa shape index (κ1) is 10.2. The summed E-state index contributed by atoms with van der Waals surface area (Å²) in [5.74, 6) is 0.978. The molecule has 0 spiro atoms. The van der Waals surface area contributed by atoms with E-state index >= 15 is 0 Å². The first-order chi connectivity index (χ1) is 4.66. The summed E-state index contributed by atoms with van der Waals surface area (Å²) in [5, 5.41) is 0. The highest BCUT2D eigenvalue weighted by Crippen LogP contribution is 2.11. The summed E-state index contributed by atoms with van der Waals surface area (Å²) >= 11 is 0. The van der Waals surface area contributed by atoms with Gasteiger partial charge < -0.3 is 0 Å². The minimum atomic E-state index is 0.294. The zero-order valence-corrected chi connectivity index (χ0v) is 9.40. The van der Waals surface area contributed by atoms with E-state index in [2.05, 4.69) is 27.7 Å². The summed E-state index contributed by atoms with van der Waals surface area (Å²) in [6.45, 7) is 9.39. The molecule has 0 bridgehead atoms. The molecule has 1 unspecified atom stereocenters. The van der Waals surface area contributed by atoms with Gasteiger partial charge in [0.1, 0.15) is 0 Å². The van der Waals surface area contributed by atoms with Crippen LogP contribution in [-0.4, -0.2) is 9.52 Å². The molecule has 0 aliphatic heterocycles. The molecule has 0 aliphatic carbocycles. The zero-order chi connectivity index (χ0) is 7.98. The lowest BCUT2D eigenvalue weighted by Crippen LogP contribution is -1.98. The van der Waals surface area contributed by atoms with Crippen LogP contribution in [0, 0.1) is 5.92 Å². The van der Waals surface area contributed by atoms with Crippen LogP contribution in [0.1, 0.15) is 40.5 Å². The Morgan fingerprint density at radius 2 is 1.80 bits per heavy atom. The van der Waals surface area contributed by atoms with Crippen molar-refractivity contribution in [1.82, 2.24) is 0 Å². The van der Waals surface area contributed by atoms with Crippen molar-refractivity contribution in [3.05, 3.63) is 0 Å². The standard InChI is InChI=1S/C9H22Si/c1-5-9(4)6-7-10-8(2)3/h8-9H,5-7,10H2,1-4H3. The predicted octanol–water partition coefficient (Wildman–Crippen LogP) is 2.84. The lowest BCUT2D eigenvalue weighted by Gasteiger charge is -2.08.